The van der Waals surface area contributed by atoms with Crippen molar-refractivity contribution in [3.8, 4) is 5.75 Å². The zero-order valence-electron chi connectivity index (χ0n) is 14.3. The zero-order valence-corrected chi connectivity index (χ0v) is 15.1. The molecular weight excluding hydrogens is 326 g/mol. The molecule has 1 aromatic carbocycles. The third-order valence-electron chi connectivity index (χ3n) is 5.30. The Hall–Kier alpha value is -1.52. The van der Waals surface area contributed by atoms with Crippen molar-refractivity contribution in [2.75, 3.05) is 6.54 Å². The summed E-state index contributed by atoms with van der Waals surface area (Å²) in [6.07, 6.45) is 6.28. The van der Waals surface area contributed by atoms with Crippen molar-refractivity contribution in [1.29, 1.82) is 0 Å². The minimum atomic E-state index is -0.390. The molecule has 3 rings (SSSR count). The summed E-state index contributed by atoms with van der Waals surface area (Å²) in [5, 5.41) is 11.6. The maximum absolute atomic E-state index is 11.8. The number of quaternary nitrogens is 1. The van der Waals surface area contributed by atoms with Gasteiger partial charge in [-0.05, 0) is 51.2 Å². The molecular formula is C19H25ClNO3+. The number of phenolic OH excluding ortho intramolecular Hbond substituents is 1. The van der Waals surface area contributed by atoms with E-state index in [9.17, 15) is 9.90 Å². The molecule has 1 unspecified atom stereocenters. The lowest BCUT2D eigenvalue weighted by molar-refractivity contribution is -0.938. The predicted octanol–water partition coefficient (Wildman–Crippen LogP) is 3.20. The van der Waals surface area contributed by atoms with Gasteiger partial charge in [-0.3, -0.25) is 0 Å². The van der Waals surface area contributed by atoms with Gasteiger partial charge < -0.3 is 14.4 Å². The summed E-state index contributed by atoms with van der Waals surface area (Å²) >= 11 is 6.24. The topological polar surface area (TPSA) is 54.9 Å². The highest BCUT2D eigenvalue weighted by Gasteiger charge is 2.27. The second kappa shape index (κ2) is 7.16. The Kier molecular flexibility index (Phi) is 5.16. The van der Waals surface area contributed by atoms with Crippen LogP contribution in [0.5, 0.6) is 5.75 Å². The van der Waals surface area contributed by atoms with Gasteiger partial charge >= 0.3 is 5.63 Å². The van der Waals surface area contributed by atoms with Gasteiger partial charge in [0.25, 0.3) is 0 Å². The molecule has 1 atom stereocenters. The highest BCUT2D eigenvalue weighted by Crippen LogP contribution is 2.35. The molecule has 1 aliphatic rings. The molecule has 24 heavy (non-hydrogen) atoms. The van der Waals surface area contributed by atoms with Gasteiger partial charge in [0, 0.05) is 11.5 Å². The maximum atomic E-state index is 11.8. The van der Waals surface area contributed by atoms with E-state index in [4.69, 9.17) is 16.0 Å². The molecule has 1 aromatic heterocycles. The molecule has 0 saturated heterocycles. The van der Waals surface area contributed by atoms with Crippen molar-refractivity contribution in [2.24, 2.45) is 0 Å². The molecule has 1 saturated carbocycles. The lowest BCUT2D eigenvalue weighted by Crippen LogP contribution is -3.14. The van der Waals surface area contributed by atoms with E-state index in [2.05, 4.69) is 6.92 Å². The maximum Gasteiger partial charge on any atom is 0.336 e. The quantitative estimate of drug-likeness (QED) is 0.832. The zero-order chi connectivity index (χ0) is 17.3. The summed E-state index contributed by atoms with van der Waals surface area (Å²) in [5.41, 5.74) is 1.56. The standard InChI is InChI=1S/C19H24ClNO3/c1-3-21(13-7-5-4-6-8-13)11-15-18(23)16(20)10-14-12(2)9-17(22)24-19(14)15/h9-10,13,23H,3-8,11H2,1-2H3/p+1. The molecule has 2 aromatic rings. The summed E-state index contributed by atoms with van der Waals surface area (Å²) in [5.74, 6) is 0.0414. The van der Waals surface area contributed by atoms with Gasteiger partial charge in [-0.25, -0.2) is 4.79 Å². The van der Waals surface area contributed by atoms with Crippen molar-refractivity contribution < 1.29 is 14.4 Å². The SMILES string of the molecule is CC[NH+](Cc1c(O)c(Cl)cc2c(C)cc(=O)oc12)C1CCCCC1. The van der Waals surface area contributed by atoms with E-state index in [-0.39, 0.29) is 5.75 Å². The van der Waals surface area contributed by atoms with Gasteiger partial charge in [0.15, 0.2) is 5.58 Å². The Morgan fingerprint density at radius 1 is 1.29 bits per heavy atom. The third-order valence-corrected chi connectivity index (χ3v) is 5.59. The van der Waals surface area contributed by atoms with E-state index >= 15 is 0 Å². The largest absolute Gasteiger partial charge is 0.506 e. The predicted molar refractivity (Wildman–Crippen MR) is 96.0 cm³/mol. The lowest BCUT2D eigenvalue weighted by atomic mass is 9.93. The number of phenols is 1. The Labute approximate surface area is 147 Å². The summed E-state index contributed by atoms with van der Waals surface area (Å²) in [4.78, 5) is 13.2. The normalized spacial score (nSPS) is 17.3. The smallest absolute Gasteiger partial charge is 0.336 e. The van der Waals surface area contributed by atoms with Crippen molar-refractivity contribution in [2.45, 2.75) is 58.5 Å². The number of hydrogen-bond acceptors (Lipinski definition) is 3. The van der Waals surface area contributed by atoms with Crippen LogP contribution < -0.4 is 10.5 Å². The average Bonchev–Trinajstić information content (AvgIpc) is 2.57. The van der Waals surface area contributed by atoms with Gasteiger partial charge in [0.1, 0.15) is 12.3 Å². The Bertz CT molecular complexity index is 793. The molecule has 0 spiro atoms. The van der Waals surface area contributed by atoms with E-state index in [1.54, 1.807) is 6.07 Å². The molecule has 0 amide bonds. The minimum absolute atomic E-state index is 0.0414. The third kappa shape index (κ3) is 3.31. The molecule has 1 aliphatic carbocycles. The van der Waals surface area contributed by atoms with Crippen LogP contribution in [0.1, 0.15) is 50.2 Å². The van der Waals surface area contributed by atoms with Crippen molar-refractivity contribution >= 4 is 22.6 Å². The van der Waals surface area contributed by atoms with Gasteiger partial charge in [0.2, 0.25) is 0 Å². The molecule has 5 heteroatoms. The summed E-state index contributed by atoms with van der Waals surface area (Å²) in [6.45, 7) is 5.61. The van der Waals surface area contributed by atoms with Gasteiger partial charge in [-0.2, -0.15) is 0 Å². The average molecular weight is 351 g/mol. The fraction of sp³-hybridized carbons (Fsp3) is 0.526. The van der Waals surface area contributed by atoms with E-state index < -0.39 is 5.63 Å². The van der Waals surface area contributed by atoms with Crippen LogP contribution in [0.2, 0.25) is 5.02 Å². The number of nitrogens with one attached hydrogen (secondary N) is 1. The van der Waals surface area contributed by atoms with Crippen molar-refractivity contribution in [1.82, 2.24) is 0 Å². The van der Waals surface area contributed by atoms with Crippen LogP contribution in [-0.4, -0.2) is 17.7 Å². The Balaban J connectivity index is 2.06. The first kappa shape index (κ1) is 17.3. The van der Waals surface area contributed by atoms with Crippen LogP contribution in [0, 0.1) is 6.92 Å². The van der Waals surface area contributed by atoms with E-state index in [1.807, 2.05) is 6.92 Å². The number of rotatable bonds is 4. The number of benzene rings is 1. The summed E-state index contributed by atoms with van der Waals surface area (Å²) in [7, 11) is 0. The molecule has 0 bridgehead atoms. The molecule has 2 N–H and O–H groups in total. The first-order chi connectivity index (χ1) is 11.5. The fourth-order valence-electron chi connectivity index (χ4n) is 3.93. The number of halogens is 1. The summed E-state index contributed by atoms with van der Waals surface area (Å²) < 4.78 is 5.45. The number of hydrogen-bond donors (Lipinski definition) is 2. The first-order valence-corrected chi connectivity index (χ1v) is 9.18. The minimum Gasteiger partial charge on any atom is -0.506 e. The Morgan fingerprint density at radius 2 is 2.00 bits per heavy atom. The monoisotopic (exact) mass is 350 g/mol. The lowest BCUT2D eigenvalue weighted by Gasteiger charge is -2.31. The molecule has 1 heterocycles. The number of aryl methyl sites for hydroxylation is 1. The molecule has 130 valence electrons. The molecule has 4 nitrogen and oxygen atoms in total. The second-order valence-corrected chi connectivity index (χ2v) is 7.24. The molecule has 0 aliphatic heterocycles. The van der Waals surface area contributed by atoms with Crippen LogP contribution in [-0.2, 0) is 6.54 Å². The number of aromatic hydroxyl groups is 1. The highest BCUT2D eigenvalue weighted by atomic mass is 35.5. The first-order valence-electron chi connectivity index (χ1n) is 8.80. The van der Waals surface area contributed by atoms with Crippen LogP contribution >= 0.6 is 11.6 Å². The highest BCUT2D eigenvalue weighted by molar-refractivity contribution is 6.33. The van der Waals surface area contributed by atoms with Gasteiger partial charge in [0.05, 0.1) is 23.2 Å². The van der Waals surface area contributed by atoms with E-state index in [0.717, 1.165) is 17.5 Å². The number of fused-ring (bicyclic) bond motifs is 1. The molecule has 1 fully saturated rings. The van der Waals surface area contributed by atoms with Gasteiger partial charge in [-0.1, -0.05) is 18.0 Å². The van der Waals surface area contributed by atoms with E-state index in [1.165, 1.54) is 43.1 Å². The van der Waals surface area contributed by atoms with Crippen molar-refractivity contribution in [3.63, 3.8) is 0 Å². The van der Waals surface area contributed by atoms with E-state index in [0.29, 0.717) is 28.8 Å². The van der Waals surface area contributed by atoms with Crippen LogP contribution in [0.15, 0.2) is 21.3 Å². The van der Waals surface area contributed by atoms with Gasteiger partial charge in [-0.15, -0.1) is 0 Å². The second-order valence-electron chi connectivity index (χ2n) is 6.83. The summed E-state index contributed by atoms with van der Waals surface area (Å²) in [6, 6.07) is 3.74. The van der Waals surface area contributed by atoms with Crippen molar-refractivity contribution in [3.05, 3.63) is 38.7 Å². The fourth-order valence-corrected chi connectivity index (χ4v) is 4.15. The Morgan fingerprint density at radius 3 is 2.67 bits per heavy atom. The van der Waals surface area contributed by atoms with Crippen LogP contribution in [0.4, 0.5) is 0 Å². The van der Waals surface area contributed by atoms with Crippen LogP contribution in [0.25, 0.3) is 11.0 Å². The molecule has 0 radical (unpaired) electrons. The van der Waals surface area contributed by atoms with Crippen LogP contribution in [0.3, 0.4) is 0 Å².